The molecule has 2 aromatic carbocycles. The van der Waals surface area contributed by atoms with Gasteiger partial charge in [0.25, 0.3) is 0 Å². The monoisotopic (exact) mass is 338 g/mol. The van der Waals surface area contributed by atoms with E-state index in [-0.39, 0.29) is 12.6 Å². The summed E-state index contributed by atoms with van der Waals surface area (Å²) in [6.07, 6.45) is 2.30. The van der Waals surface area contributed by atoms with Gasteiger partial charge >= 0.3 is 0 Å². The third-order valence-corrected chi connectivity index (χ3v) is 4.69. The van der Waals surface area contributed by atoms with Crippen LogP contribution >= 0.6 is 0 Å². The van der Waals surface area contributed by atoms with Crippen molar-refractivity contribution in [2.45, 2.75) is 25.5 Å². The number of benzene rings is 2. The predicted molar refractivity (Wildman–Crippen MR) is 101 cm³/mol. The molecule has 1 aromatic heterocycles. The number of fused-ring (bicyclic) bond motifs is 1. The van der Waals surface area contributed by atoms with Crippen LogP contribution in [0.4, 0.5) is 0 Å². The molecule has 1 heterocycles. The number of para-hydroxylation sites is 1. The number of nitrogens with one attached hydrogen (secondary N) is 2. The lowest BCUT2D eigenvalue weighted by molar-refractivity contribution is 0.0881. The van der Waals surface area contributed by atoms with E-state index in [1.807, 2.05) is 36.4 Å². The zero-order valence-corrected chi connectivity index (χ0v) is 14.5. The Labute approximate surface area is 148 Å². The lowest BCUT2D eigenvalue weighted by atomic mass is 9.98. The summed E-state index contributed by atoms with van der Waals surface area (Å²) >= 11 is 0. The Hall–Kier alpha value is -2.14. The molecule has 0 aliphatic rings. The van der Waals surface area contributed by atoms with Crippen LogP contribution in [0.15, 0.2) is 60.8 Å². The van der Waals surface area contributed by atoms with Crippen molar-refractivity contribution in [3.63, 3.8) is 0 Å². The summed E-state index contributed by atoms with van der Waals surface area (Å²) in [4.78, 5) is 3.31. The molecule has 4 nitrogen and oxygen atoms in total. The molecule has 0 saturated carbocycles. The fourth-order valence-electron chi connectivity index (χ4n) is 3.26. The summed E-state index contributed by atoms with van der Waals surface area (Å²) < 4.78 is 0. The van der Waals surface area contributed by atoms with Crippen molar-refractivity contribution in [3.05, 3.63) is 71.9 Å². The molecular weight excluding hydrogens is 312 g/mol. The highest BCUT2D eigenvalue weighted by molar-refractivity contribution is 5.83. The van der Waals surface area contributed by atoms with Crippen LogP contribution in [0.25, 0.3) is 10.9 Å². The molecule has 0 bridgehead atoms. The highest BCUT2D eigenvalue weighted by Gasteiger charge is 2.20. The van der Waals surface area contributed by atoms with E-state index in [0.717, 1.165) is 24.0 Å². The number of aromatic amines is 1. The van der Waals surface area contributed by atoms with Crippen LogP contribution in [0.2, 0.25) is 0 Å². The van der Waals surface area contributed by atoms with Crippen molar-refractivity contribution in [2.24, 2.45) is 5.92 Å². The Morgan fingerprint density at radius 3 is 2.52 bits per heavy atom. The highest BCUT2D eigenvalue weighted by Crippen LogP contribution is 2.21. The van der Waals surface area contributed by atoms with E-state index in [9.17, 15) is 10.2 Å². The molecule has 3 aromatic rings. The number of rotatable bonds is 8. The van der Waals surface area contributed by atoms with Gasteiger partial charge in [-0.25, -0.2) is 0 Å². The number of H-pyrrole nitrogens is 1. The average molecular weight is 338 g/mol. The van der Waals surface area contributed by atoms with Crippen molar-refractivity contribution in [3.8, 4) is 0 Å². The summed E-state index contributed by atoms with van der Waals surface area (Å²) in [7, 11) is 0. The number of hydrogen-bond donors (Lipinski definition) is 4. The molecule has 0 fully saturated rings. The largest absolute Gasteiger partial charge is 0.395 e. The molecule has 3 rings (SSSR count). The molecule has 132 valence electrons. The van der Waals surface area contributed by atoms with Crippen molar-refractivity contribution < 1.29 is 10.2 Å². The first-order valence-electron chi connectivity index (χ1n) is 8.81. The molecule has 4 N–H and O–H groups in total. The van der Waals surface area contributed by atoms with E-state index in [0.29, 0.717) is 5.92 Å². The van der Waals surface area contributed by atoms with Crippen LogP contribution in [0.3, 0.4) is 0 Å². The number of aromatic nitrogens is 1. The van der Waals surface area contributed by atoms with Gasteiger partial charge in [0.05, 0.1) is 18.8 Å². The zero-order chi connectivity index (χ0) is 17.6. The number of aliphatic hydroxyl groups is 2. The molecule has 25 heavy (non-hydrogen) atoms. The Kier molecular flexibility index (Phi) is 5.87. The second-order valence-electron chi connectivity index (χ2n) is 6.72. The maximum Gasteiger partial charge on any atom is 0.0965 e. The highest BCUT2D eigenvalue weighted by atomic mass is 16.3. The van der Waals surface area contributed by atoms with E-state index in [4.69, 9.17) is 0 Å². The first kappa shape index (κ1) is 17.7. The third kappa shape index (κ3) is 4.28. The number of hydrogen-bond acceptors (Lipinski definition) is 3. The number of aliphatic hydroxyl groups excluding tert-OH is 2. The van der Waals surface area contributed by atoms with Gasteiger partial charge in [0, 0.05) is 17.1 Å². The molecule has 3 unspecified atom stereocenters. The van der Waals surface area contributed by atoms with E-state index >= 15 is 0 Å². The van der Waals surface area contributed by atoms with Crippen molar-refractivity contribution >= 4 is 10.9 Å². The fourth-order valence-corrected chi connectivity index (χ4v) is 3.26. The quantitative estimate of drug-likeness (QED) is 0.510. The van der Waals surface area contributed by atoms with Gasteiger partial charge in [-0.15, -0.1) is 0 Å². The van der Waals surface area contributed by atoms with Gasteiger partial charge in [0.15, 0.2) is 0 Å². The molecule has 0 radical (unpaired) electrons. The smallest absolute Gasteiger partial charge is 0.0965 e. The summed E-state index contributed by atoms with van der Waals surface area (Å²) in [6, 6.07) is 17.4. The molecule has 0 aliphatic heterocycles. The minimum absolute atomic E-state index is 0.101. The Balaban J connectivity index is 1.58. The van der Waals surface area contributed by atoms with Crippen molar-refractivity contribution in [2.75, 3.05) is 13.2 Å². The third-order valence-electron chi connectivity index (χ3n) is 4.69. The van der Waals surface area contributed by atoms with Gasteiger partial charge in [-0.2, -0.15) is 0 Å². The van der Waals surface area contributed by atoms with Gasteiger partial charge in [-0.1, -0.05) is 55.5 Å². The minimum atomic E-state index is -0.716. The summed E-state index contributed by atoms with van der Waals surface area (Å²) in [6.45, 7) is 2.81. The second kappa shape index (κ2) is 8.30. The molecule has 0 aliphatic carbocycles. The first-order valence-corrected chi connectivity index (χ1v) is 8.81. The standard InChI is InChI=1S/C21H26N2O2/c1-15(11-17-13-23-19-10-6-5-9-18(17)19)12-22-20(14-24)21(25)16-7-3-2-4-8-16/h2-10,13,15,20-25H,11-12,14H2,1H3. The lowest BCUT2D eigenvalue weighted by Gasteiger charge is -2.24. The van der Waals surface area contributed by atoms with Crippen LogP contribution in [-0.2, 0) is 6.42 Å². The molecule has 0 amide bonds. The predicted octanol–water partition coefficient (Wildman–Crippen LogP) is 3.03. The van der Waals surface area contributed by atoms with Gasteiger partial charge in [0.1, 0.15) is 0 Å². The van der Waals surface area contributed by atoms with E-state index in [1.54, 1.807) is 0 Å². The Bertz CT molecular complexity index is 785. The minimum Gasteiger partial charge on any atom is -0.395 e. The normalized spacial score (nSPS) is 15.2. The van der Waals surface area contributed by atoms with Crippen LogP contribution in [0.5, 0.6) is 0 Å². The van der Waals surface area contributed by atoms with Crippen LogP contribution in [-0.4, -0.2) is 34.4 Å². The van der Waals surface area contributed by atoms with E-state index < -0.39 is 6.10 Å². The van der Waals surface area contributed by atoms with Crippen molar-refractivity contribution in [1.29, 1.82) is 0 Å². The first-order chi connectivity index (χ1) is 12.2. The average Bonchev–Trinajstić information content (AvgIpc) is 3.06. The fraction of sp³-hybridized carbons (Fsp3) is 0.333. The van der Waals surface area contributed by atoms with E-state index in [2.05, 4.69) is 41.6 Å². The maximum absolute atomic E-state index is 10.5. The van der Waals surface area contributed by atoms with Crippen LogP contribution in [0, 0.1) is 5.92 Å². The molecule has 4 heteroatoms. The molecule has 0 spiro atoms. The molecule has 3 atom stereocenters. The Morgan fingerprint density at radius 2 is 1.76 bits per heavy atom. The Morgan fingerprint density at radius 1 is 1.04 bits per heavy atom. The van der Waals surface area contributed by atoms with Gasteiger partial charge in [-0.05, 0) is 36.1 Å². The second-order valence-corrected chi connectivity index (χ2v) is 6.72. The van der Waals surface area contributed by atoms with Gasteiger partial charge in [-0.3, -0.25) is 0 Å². The maximum atomic E-state index is 10.5. The summed E-state index contributed by atoms with van der Waals surface area (Å²) in [5.74, 6) is 0.385. The summed E-state index contributed by atoms with van der Waals surface area (Å²) in [5, 5.41) is 24.7. The zero-order valence-electron chi connectivity index (χ0n) is 14.5. The summed E-state index contributed by atoms with van der Waals surface area (Å²) in [5.41, 5.74) is 3.28. The van der Waals surface area contributed by atoms with Crippen LogP contribution < -0.4 is 5.32 Å². The van der Waals surface area contributed by atoms with Crippen molar-refractivity contribution in [1.82, 2.24) is 10.3 Å². The molecular formula is C21H26N2O2. The SMILES string of the molecule is CC(CNC(CO)C(O)c1ccccc1)Cc1c[nH]c2ccccc12. The van der Waals surface area contributed by atoms with Gasteiger partial charge in [0.2, 0.25) is 0 Å². The molecule has 0 saturated heterocycles. The lowest BCUT2D eigenvalue weighted by Crippen LogP contribution is -2.40. The topological polar surface area (TPSA) is 68.3 Å². The van der Waals surface area contributed by atoms with Crippen LogP contribution in [0.1, 0.15) is 24.2 Å². The van der Waals surface area contributed by atoms with E-state index in [1.165, 1.54) is 10.9 Å². The van der Waals surface area contributed by atoms with Gasteiger partial charge < -0.3 is 20.5 Å².